The first kappa shape index (κ1) is 16.5. The van der Waals surface area contributed by atoms with Gasteiger partial charge in [-0.2, -0.15) is 5.10 Å². The number of para-hydroxylation sites is 2. The summed E-state index contributed by atoms with van der Waals surface area (Å²) in [6.07, 6.45) is 3.52. The van der Waals surface area contributed by atoms with Crippen LogP contribution in [0.2, 0.25) is 10.0 Å². The molecule has 0 unspecified atom stereocenters. The minimum Gasteiger partial charge on any atom is -0.330 e. The van der Waals surface area contributed by atoms with E-state index in [1.165, 1.54) is 6.21 Å². The molecule has 0 aliphatic rings. The van der Waals surface area contributed by atoms with Crippen molar-refractivity contribution in [2.75, 3.05) is 0 Å². The number of hydrazone groups is 1. The van der Waals surface area contributed by atoms with Gasteiger partial charge in [0.15, 0.2) is 0 Å². The van der Waals surface area contributed by atoms with Crippen LogP contribution in [0.4, 0.5) is 0 Å². The zero-order chi connectivity index (χ0) is 16.9. The van der Waals surface area contributed by atoms with Crippen molar-refractivity contribution in [1.82, 2.24) is 15.0 Å². The van der Waals surface area contributed by atoms with Crippen molar-refractivity contribution >= 4 is 46.4 Å². The van der Waals surface area contributed by atoms with Gasteiger partial charge in [-0.1, -0.05) is 41.4 Å². The number of imidazole rings is 1. The Hall–Kier alpha value is -2.37. The summed E-state index contributed by atoms with van der Waals surface area (Å²) in [4.78, 5) is 16.2. The number of hydrogen-bond donors (Lipinski definition) is 1. The van der Waals surface area contributed by atoms with Crippen LogP contribution in [-0.2, 0) is 11.3 Å². The van der Waals surface area contributed by atoms with Crippen LogP contribution in [-0.4, -0.2) is 21.7 Å². The van der Waals surface area contributed by atoms with E-state index in [9.17, 15) is 4.79 Å². The van der Waals surface area contributed by atoms with Gasteiger partial charge in [0.2, 0.25) is 5.91 Å². The SMILES string of the molecule is O=C(CCn1cnc2ccccc21)NN=Cc1ccc(Cl)cc1Cl. The van der Waals surface area contributed by atoms with Crippen molar-refractivity contribution in [2.24, 2.45) is 5.10 Å². The summed E-state index contributed by atoms with van der Waals surface area (Å²) in [6.45, 7) is 0.531. The third kappa shape index (κ3) is 3.93. The standard InChI is InChI=1S/C17H14Cl2N4O/c18-13-6-5-12(14(19)9-13)10-21-22-17(24)7-8-23-11-20-15-3-1-2-4-16(15)23/h1-6,9-11H,7-8H2,(H,22,24). The molecular formula is C17H14Cl2N4O. The fourth-order valence-electron chi connectivity index (χ4n) is 2.25. The van der Waals surface area contributed by atoms with Crippen LogP contribution < -0.4 is 5.43 Å². The molecule has 122 valence electrons. The lowest BCUT2D eigenvalue weighted by Crippen LogP contribution is -2.19. The van der Waals surface area contributed by atoms with E-state index in [-0.39, 0.29) is 5.91 Å². The van der Waals surface area contributed by atoms with E-state index in [1.807, 2.05) is 28.8 Å². The molecule has 0 saturated carbocycles. The maximum atomic E-state index is 11.9. The lowest BCUT2D eigenvalue weighted by molar-refractivity contribution is -0.121. The Labute approximate surface area is 148 Å². The van der Waals surface area contributed by atoms with Gasteiger partial charge in [0.25, 0.3) is 0 Å². The molecular weight excluding hydrogens is 347 g/mol. The van der Waals surface area contributed by atoms with Gasteiger partial charge in [0.1, 0.15) is 0 Å². The van der Waals surface area contributed by atoms with Gasteiger partial charge >= 0.3 is 0 Å². The highest BCUT2D eigenvalue weighted by Crippen LogP contribution is 2.19. The maximum absolute atomic E-state index is 11.9. The zero-order valence-electron chi connectivity index (χ0n) is 12.6. The molecule has 0 fully saturated rings. The molecule has 0 aliphatic heterocycles. The number of nitrogens with one attached hydrogen (secondary N) is 1. The van der Waals surface area contributed by atoms with E-state index >= 15 is 0 Å². The fourth-order valence-corrected chi connectivity index (χ4v) is 2.70. The van der Waals surface area contributed by atoms with Gasteiger partial charge < -0.3 is 4.57 Å². The van der Waals surface area contributed by atoms with Gasteiger partial charge in [0.05, 0.1) is 28.6 Å². The first-order valence-corrected chi connectivity index (χ1v) is 8.06. The highest BCUT2D eigenvalue weighted by molar-refractivity contribution is 6.36. The monoisotopic (exact) mass is 360 g/mol. The van der Waals surface area contributed by atoms with Crippen LogP contribution in [0.3, 0.4) is 0 Å². The van der Waals surface area contributed by atoms with Crippen LogP contribution in [0.15, 0.2) is 53.9 Å². The first-order chi connectivity index (χ1) is 11.6. The average Bonchev–Trinajstić information content (AvgIpc) is 2.98. The number of nitrogens with zero attached hydrogens (tertiary/aromatic N) is 3. The van der Waals surface area contributed by atoms with Crippen LogP contribution in [0.5, 0.6) is 0 Å². The topological polar surface area (TPSA) is 59.3 Å². The van der Waals surface area contributed by atoms with Gasteiger partial charge in [-0.05, 0) is 24.3 Å². The number of aromatic nitrogens is 2. The van der Waals surface area contributed by atoms with Crippen molar-refractivity contribution < 1.29 is 4.79 Å². The Balaban J connectivity index is 1.55. The number of halogens is 2. The number of carbonyl (C=O) groups excluding carboxylic acids is 1. The third-order valence-electron chi connectivity index (χ3n) is 3.46. The average molecular weight is 361 g/mol. The number of rotatable bonds is 5. The summed E-state index contributed by atoms with van der Waals surface area (Å²) in [5.41, 5.74) is 5.08. The molecule has 1 amide bonds. The number of aryl methyl sites for hydroxylation is 1. The summed E-state index contributed by atoms with van der Waals surface area (Å²) in [7, 11) is 0. The molecule has 1 aromatic heterocycles. The second kappa shape index (κ2) is 7.47. The van der Waals surface area contributed by atoms with Gasteiger partial charge in [-0.3, -0.25) is 4.79 Å². The molecule has 3 aromatic rings. The van der Waals surface area contributed by atoms with Crippen molar-refractivity contribution in [1.29, 1.82) is 0 Å². The van der Waals surface area contributed by atoms with E-state index in [0.29, 0.717) is 28.6 Å². The highest BCUT2D eigenvalue weighted by atomic mass is 35.5. The molecule has 1 N–H and O–H groups in total. The van der Waals surface area contributed by atoms with Crippen molar-refractivity contribution in [3.63, 3.8) is 0 Å². The molecule has 5 nitrogen and oxygen atoms in total. The van der Waals surface area contributed by atoms with Crippen LogP contribution in [0.1, 0.15) is 12.0 Å². The normalized spacial score (nSPS) is 11.2. The Kier molecular flexibility index (Phi) is 5.13. The summed E-state index contributed by atoms with van der Waals surface area (Å²) < 4.78 is 1.94. The van der Waals surface area contributed by atoms with Crippen LogP contribution in [0.25, 0.3) is 11.0 Å². The molecule has 0 atom stereocenters. The maximum Gasteiger partial charge on any atom is 0.241 e. The lowest BCUT2D eigenvalue weighted by atomic mass is 10.2. The molecule has 1 heterocycles. The van der Waals surface area contributed by atoms with Gasteiger partial charge in [-0.15, -0.1) is 0 Å². The second-order valence-corrected chi connectivity index (χ2v) is 5.98. The smallest absolute Gasteiger partial charge is 0.241 e. The zero-order valence-corrected chi connectivity index (χ0v) is 14.1. The minimum absolute atomic E-state index is 0.186. The van der Waals surface area contributed by atoms with Crippen molar-refractivity contribution in [3.8, 4) is 0 Å². The fraction of sp³-hybridized carbons (Fsp3) is 0.118. The Morgan fingerprint density at radius 2 is 2.08 bits per heavy atom. The highest BCUT2D eigenvalue weighted by Gasteiger charge is 2.05. The van der Waals surface area contributed by atoms with Gasteiger partial charge in [0, 0.05) is 23.6 Å². The molecule has 2 aromatic carbocycles. The largest absolute Gasteiger partial charge is 0.330 e. The third-order valence-corrected chi connectivity index (χ3v) is 4.02. The predicted octanol–water partition coefficient (Wildman–Crippen LogP) is 3.88. The summed E-state index contributed by atoms with van der Waals surface area (Å²) >= 11 is 11.9. The molecule has 7 heteroatoms. The summed E-state index contributed by atoms with van der Waals surface area (Å²) in [5, 5.41) is 4.94. The van der Waals surface area contributed by atoms with Crippen LogP contribution in [0, 0.1) is 0 Å². The first-order valence-electron chi connectivity index (χ1n) is 7.30. The summed E-state index contributed by atoms with van der Waals surface area (Å²) in [6, 6.07) is 12.9. The Morgan fingerprint density at radius 1 is 1.25 bits per heavy atom. The second-order valence-electron chi connectivity index (χ2n) is 5.14. The molecule has 0 bridgehead atoms. The van der Waals surface area contributed by atoms with E-state index in [2.05, 4.69) is 15.5 Å². The van der Waals surface area contributed by atoms with Crippen molar-refractivity contribution in [3.05, 3.63) is 64.4 Å². The Morgan fingerprint density at radius 3 is 2.92 bits per heavy atom. The van der Waals surface area contributed by atoms with Crippen LogP contribution >= 0.6 is 23.2 Å². The number of benzene rings is 2. The Bertz CT molecular complexity index is 904. The number of carbonyl (C=O) groups is 1. The van der Waals surface area contributed by atoms with E-state index in [0.717, 1.165) is 11.0 Å². The van der Waals surface area contributed by atoms with Crippen molar-refractivity contribution in [2.45, 2.75) is 13.0 Å². The molecule has 0 spiro atoms. The van der Waals surface area contributed by atoms with E-state index in [1.54, 1.807) is 24.5 Å². The molecule has 0 saturated heterocycles. The lowest BCUT2D eigenvalue weighted by Gasteiger charge is -2.03. The van der Waals surface area contributed by atoms with E-state index in [4.69, 9.17) is 23.2 Å². The number of amides is 1. The molecule has 0 aliphatic carbocycles. The molecule has 0 radical (unpaired) electrons. The predicted molar refractivity (Wildman–Crippen MR) is 96.5 cm³/mol. The van der Waals surface area contributed by atoms with E-state index < -0.39 is 0 Å². The molecule has 24 heavy (non-hydrogen) atoms. The molecule has 3 rings (SSSR count). The quantitative estimate of drug-likeness (QED) is 0.554. The van der Waals surface area contributed by atoms with Gasteiger partial charge in [-0.25, -0.2) is 10.4 Å². The summed E-state index contributed by atoms with van der Waals surface area (Å²) in [5.74, 6) is -0.186. The number of fused-ring (bicyclic) bond motifs is 1. The minimum atomic E-state index is -0.186. The number of hydrogen-bond acceptors (Lipinski definition) is 3.